The molecule has 11 heavy (non-hydrogen) atoms. The maximum Gasteiger partial charge on any atom is 0.0500 e. The molecule has 1 N–H and O–H groups in total. The van der Waals surface area contributed by atoms with E-state index in [-0.39, 0.29) is 12.0 Å². The average Bonchev–Trinajstić information content (AvgIpc) is 2.06. The first kappa shape index (κ1) is 9.01. The number of rotatable bonds is 2. The highest BCUT2D eigenvalue weighted by Crippen LogP contribution is 2.32. The third-order valence-electron chi connectivity index (χ3n) is 2.67. The summed E-state index contributed by atoms with van der Waals surface area (Å²) < 4.78 is 5.36. The first-order chi connectivity index (χ1) is 5.17. The molecule has 0 aliphatic carbocycles. The predicted molar refractivity (Wildman–Crippen MR) is 44.4 cm³/mol. The summed E-state index contributed by atoms with van der Waals surface area (Å²) >= 11 is 0. The SMILES string of the molecule is CC(C)(CO)C1CCCOC1. The molecule has 0 aromatic heterocycles. The zero-order valence-electron chi connectivity index (χ0n) is 7.47. The lowest BCUT2D eigenvalue weighted by Crippen LogP contribution is -2.34. The zero-order valence-corrected chi connectivity index (χ0v) is 7.47. The van der Waals surface area contributed by atoms with E-state index in [0.29, 0.717) is 5.92 Å². The van der Waals surface area contributed by atoms with Crippen LogP contribution in [0, 0.1) is 11.3 Å². The lowest BCUT2D eigenvalue weighted by Gasteiger charge is -2.35. The highest BCUT2D eigenvalue weighted by molar-refractivity contribution is 4.79. The van der Waals surface area contributed by atoms with Crippen LogP contribution in [0.2, 0.25) is 0 Å². The Morgan fingerprint density at radius 1 is 1.55 bits per heavy atom. The van der Waals surface area contributed by atoms with E-state index in [1.165, 1.54) is 6.42 Å². The van der Waals surface area contributed by atoms with Gasteiger partial charge in [0.15, 0.2) is 0 Å². The van der Waals surface area contributed by atoms with Crippen molar-refractivity contribution in [2.75, 3.05) is 19.8 Å². The van der Waals surface area contributed by atoms with Crippen LogP contribution in [0.5, 0.6) is 0 Å². The van der Waals surface area contributed by atoms with Gasteiger partial charge in [-0.2, -0.15) is 0 Å². The molecule has 66 valence electrons. The second-order valence-electron chi connectivity index (χ2n) is 4.06. The summed E-state index contributed by atoms with van der Waals surface area (Å²) in [7, 11) is 0. The lowest BCUT2D eigenvalue weighted by molar-refractivity contribution is -0.0178. The van der Waals surface area contributed by atoms with Crippen molar-refractivity contribution in [3.05, 3.63) is 0 Å². The third kappa shape index (κ3) is 2.17. The van der Waals surface area contributed by atoms with Crippen LogP contribution >= 0.6 is 0 Å². The normalized spacial score (nSPS) is 27.0. The van der Waals surface area contributed by atoms with Gasteiger partial charge in [-0.1, -0.05) is 13.8 Å². The van der Waals surface area contributed by atoms with Gasteiger partial charge in [0.25, 0.3) is 0 Å². The summed E-state index contributed by atoms with van der Waals surface area (Å²) in [5.74, 6) is 0.543. The quantitative estimate of drug-likeness (QED) is 0.658. The molecule has 1 unspecified atom stereocenters. The van der Waals surface area contributed by atoms with Crippen LogP contribution in [-0.4, -0.2) is 24.9 Å². The Hall–Kier alpha value is -0.0800. The number of aliphatic hydroxyl groups excluding tert-OH is 1. The van der Waals surface area contributed by atoms with E-state index in [1.54, 1.807) is 0 Å². The smallest absolute Gasteiger partial charge is 0.0500 e. The highest BCUT2D eigenvalue weighted by Gasteiger charge is 2.30. The summed E-state index contributed by atoms with van der Waals surface area (Å²) in [5, 5.41) is 9.09. The molecule has 1 aliphatic heterocycles. The van der Waals surface area contributed by atoms with E-state index in [1.807, 2.05) is 0 Å². The van der Waals surface area contributed by atoms with Crippen molar-refractivity contribution in [1.29, 1.82) is 0 Å². The number of hydrogen-bond acceptors (Lipinski definition) is 2. The van der Waals surface area contributed by atoms with Crippen LogP contribution in [-0.2, 0) is 4.74 Å². The monoisotopic (exact) mass is 158 g/mol. The molecule has 1 fully saturated rings. The topological polar surface area (TPSA) is 29.5 Å². The lowest BCUT2D eigenvalue weighted by atomic mass is 9.77. The first-order valence-corrected chi connectivity index (χ1v) is 4.35. The minimum absolute atomic E-state index is 0.0421. The molecule has 2 nitrogen and oxygen atoms in total. The van der Waals surface area contributed by atoms with E-state index in [2.05, 4.69) is 13.8 Å². The van der Waals surface area contributed by atoms with Crippen LogP contribution < -0.4 is 0 Å². The number of hydrogen-bond donors (Lipinski definition) is 1. The van der Waals surface area contributed by atoms with Crippen LogP contribution in [0.15, 0.2) is 0 Å². The van der Waals surface area contributed by atoms with Crippen molar-refractivity contribution in [2.45, 2.75) is 26.7 Å². The predicted octanol–water partition coefficient (Wildman–Crippen LogP) is 1.43. The molecule has 1 rings (SSSR count). The molecule has 1 aliphatic rings. The van der Waals surface area contributed by atoms with E-state index >= 15 is 0 Å². The van der Waals surface area contributed by atoms with Crippen LogP contribution in [0.25, 0.3) is 0 Å². The molecular formula is C9H18O2. The largest absolute Gasteiger partial charge is 0.396 e. The molecule has 0 amide bonds. The second kappa shape index (κ2) is 3.55. The maximum atomic E-state index is 9.09. The van der Waals surface area contributed by atoms with Gasteiger partial charge in [-0.15, -0.1) is 0 Å². The summed E-state index contributed by atoms with van der Waals surface area (Å²) in [6.07, 6.45) is 2.35. The molecule has 2 heteroatoms. The van der Waals surface area contributed by atoms with Gasteiger partial charge in [-0.3, -0.25) is 0 Å². The fraction of sp³-hybridized carbons (Fsp3) is 1.00. The Morgan fingerprint density at radius 2 is 2.27 bits per heavy atom. The molecule has 0 aromatic rings. The van der Waals surface area contributed by atoms with Crippen LogP contribution in [0.3, 0.4) is 0 Å². The van der Waals surface area contributed by atoms with Crippen molar-refractivity contribution >= 4 is 0 Å². The van der Waals surface area contributed by atoms with E-state index in [0.717, 1.165) is 19.6 Å². The Bertz CT molecular complexity index is 115. The van der Waals surface area contributed by atoms with Crippen LogP contribution in [0.4, 0.5) is 0 Å². The van der Waals surface area contributed by atoms with Gasteiger partial charge >= 0.3 is 0 Å². The zero-order chi connectivity index (χ0) is 8.32. The summed E-state index contributed by atoms with van der Waals surface area (Å²) in [6, 6.07) is 0. The Labute approximate surface area is 68.6 Å². The molecule has 0 aromatic carbocycles. The van der Waals surface area contributed by atoms with Crippen molar-refractivity contribution < 1.29 is 9.84 Å². The summed E-state index contributed by atoms with van der Waals surface area (Å²) in [6.45, 7) is 6.20. The van der Waals surface area contributed by atoms with Crippen LogP contribution in [0.1, 0.15) is 26.7 Å². The van der Waals surface area contributed by atoms with Crippen molar-refractivity contribution in [1.82, 2.24) is 0 Å². The van der Waals surface area contributed by atoms with Gasteiger partial charge in [0.05, 0.1) is 0 Å². The third-order valence-corrected chi connectivity index (χ3v) is 2.67. The Kier molecular flexibility index (Phi) is 2.90. The summed E-state index contributed by atoms with van der Waals surface area (Å²) in [5.41, 5.74) is 0.0421. The highest BCUT2D eigenvalue weighted by atomic mass is 16.5. The first-order valence-electron chi connectivity index (χ1n) is 4.35. The molecule has 1 atom stereocenters. The van der Waals surface area contributed by atoms with Gasteiger partial charge in [0, 0.05) is 19.8 Å². The molecule has 0 spiro atoms. The van der Waals surface area contributed by atoms with Crippen molar-refractivity contribution in [3.63, 3.8) is 0 Å². The molecule has 0 bridgehead atoms. The van der Waals surface area contributed by atoms with Gasteiger partial charge < -0.3 is 9.84 Å². The van der Waals surface area contributed by atoms with Gasteiger partial charge in [0.2, 0.25) is 0 Å². The van der Waals surface area contributed by atoms with Gasteiger partial charge in [-0.05, 0) is 24.2 Å². The minimum Gasteiger partial charge on any atom is -0.396 e. The number of ether oxygens (including phenoxy) is 1. The fourth-order valence-corrected chi connectivity index (χ4v) is 1.49. The van der Waals surface area contributed by atoms with E-state index < -0.39 is 0 Å². The average molecular weight is 158 g/mol. The number of aliphatic hydroxyl groups is 1. The maximum absolute atomic E-state index is 9.09. The second-order valence-corrected chi connectivity index (χ2v) is 4.06. The molecule has 1 saturated heterocycles. The van der Waals surface area contributed by atoms with E-state index in [9.17, 15) is 0 Å². The molecule has 1 heterocycles. The molecule has 0 radical (unpaired) electrons. The van der Waals surface area contributed by atoms with Gasteiger partial charge in [0.1, 0.15) is 0 Å². The van der Waals surface area contributed by atoms with E-state index in [4.69, 9.17) is 9.84 Å². The van der Waals surface area contributed by atoms with Crippen molar-refractivity contribution in [2.24, 2.45) is 11.3 Å². The minimum atomic E-state index is 0.0421. The molecule has 0 saturated carbocycles. The van der Waals surface area contributed by atoms with Crippen molar-refractivity contribution in [3.8, 4) is 0 Å². The fourth-order valence-electron chi connectivity index (χ4n) is 1.49. The molecular weight excluding hydrogens is 140 g/mol. The Morgan fingerprint density at radius 3 is 2.73 bits per heavy atom. The summed E-state index contributed by atoms with van der Waals surface area (Å²) in [4.78, 5) is 0. The standard InChI is InChI=1S/C9H18O2/c1-9(2,7-10)8-4-3-5-11-6-8/h8,10H,3-7H2,1-2H3. The van der Waals surface area contributed by atoms with Gasteiger partial charge in [-0.25, -0.2) is 0 Å². The Balaban J connectivity index is 2.43.